The van der Waals surface area contributed by atoms with Crippen molar-refractivity contribution in [1.29, 1.82) is 0 Å². The van der Waals surface area contributed by atoms with Gasteiger partial charge in [0.05, 0.1) is 16.8 Å². The fraction of sp³-hybridized carbons (Fsp3) is 0.0175. The topological polar surface area (TPSA) is 3.24 Å². The molecule has 1 heteroatoms. The third kappa shape index (κ3) is 5.32. The molecule has 0 heterocycles. The van der Waals surface area contributed by atoms with Gasteiger partial charge < -0.3 is 4.90 Å². The van der Waals surface area contributed by atoms with E-state index in [1.807, 2.05) is 0 Å². The molecular weight excluding hydrogens is 699 g/mol. The van der Waals surface area contributed by atoms with Crippen molar-refractivity contribution >= 4 is 38.6 Å². The van der Waals surface area contributed by atoms with Gasteiger partial charge in [-0.15, -0.1) is 0 Å². The van der Waals surface area contributed by atoms with Crippen LogP contribution in [0.5, 0.6) is 0 Å². The molecule has 0 amide bonds. The van der Waals surface area contributed by atoms with E-state index in [0.717, 1.165) is 17.1 Å². The molecule has 1 aliphatic carbocycles. The van der Waals surface area contributed by atoms with Crippen LogP contribution in [0.15, 0.2) is 237 Å². The molecule has 0 saturated heterocycles. The minimum absolute atomic E-state index is 0.625. The van der Waals surface area contributed by atoms with Crippen molar-refractivity contribution in [2.24, 2.45) is 0 Å². The van der Waals surface area contributed by atoms with Crippen LogP contribution in [0.2, 0.25) is 0 Å². The average molecular weight is 738 g/mol. The van der Waals surface area contributed by atoms with Crippen LogP contribution in [0.4, 0.5) is 17.1 Å². The molecule has 0 aromatic heterocycles. The zero-order valence-electron chi connectivity index (χ0n) is 32.0. The summed E-state index contributed by atoms with van der Waals surface area (Å²) < 4.78 is 0. The third-order valence-corrected chi connectivity index (χ3v) is 12.1. The normalized spacial score (nSPS) is 14.3. The van der Waals surface area contributed by atoms with Crippen molar-refractivity contribution in [2.75, 3.05) is 4.90 Å². The molecule has 0 saturated carbocycles. The molecule has 10 aromatic carbocycles. The predicted molar refractivity (Wildman–Crippen MR) is 244 cm³/mol. The second-order valence-electron chi connectivity index (χ2n) is 15.2. The van der Waals surface area contributed by atoms with Crippen molar-refractivity contribution in [3.8, 4) is 33.4 Å². The molecule has 272 valence electrons. The number of hydrogen-bond acceptors (Lipinski definition) is 1. The Kier molecular flexibility index (Phi) is 8.12. The van der Waals surface area contributed by atoms with E-state index in [4.69, 9.17) is 0 Å². The van der Waals surface area contributed by atoms with E-state index in [1.165, 1.54) is 77.2 Å². The Bertz CT molecular complexity index is 3100. The molecule has 1 aliphatic rings. The van der Waals surface area contributed by atoms with Crippen LogP contribution in [0, 0.1) is 0 Å². The maximum Gasteiger partial charge on any atom is 0.0734 e. The van der Waals surface area contributed by atoms with Crippen LogP contribution in [0.3, 0.4) is 0 Å². The fourth-order valence-corrected chi connectivity index (χ4v) is 9.62. The Morgan fingerprint density at radius 3 is 1.66 bits per heavy atom. The summed E-state index contributed by atoms with van der Waals surface area (Å²) in [4.78, 5) is 2.51. The number of nitrogens with zero attached hydrogens (tertiary/aromatic N) is 1. The molecule has 0 spiro atoms. The van der Waals surface area contributed by atoms with Crippen LogP contribution in [0.1, 0.15) is 22.3 Å². The number of fused-ring (bicyclic) bond motifs is 5. The van der Waals surface area contributed by atoms with Crippen molar-refractivity contribution < 1.29 is 0 Å². The first-order valence-corrected chi connectivity index (χ1v) is 20.1. The van der Waals surface area contributed by atoms with Crippen LogP contribution >= 0.6 is 0 Å². The maximum absolute atomic E-state index is 2.51. The van der Waals surface area contributed by atoms with E-state index in [1.54, 1.807) is 0 Å². The van der Waals surface area contributed by atoms with Gasteiger partial charge in [0.25, 0.3) is 0 Å². The van der Waals surface area contributed by atoms with Gasteiger partial charge in [-0.3, -0.25) is 0 Å². The molecule has 0 N–H and O–H groups in total. The lowest BCUT2D eigenvalue weighted by Gasteiger charge is -2.38. The molecule has 58 heavy (non-hydrogen) atoms. The Morgan fingerprint density at radius 2 is 0.845 bits per heavy atom. The van der Waals surface area contributed by atoms with Crippen molar-refractivity contribution in [3.63, 3.8) is 0 Å². The summed E-state index contributed by atoms with van der Waals surface area (Å²) in [5, 5.41) is 4.91. The summed E-state index contributed by atoms with van der Waals surface area (Å²) in [6, 6.07) is 87.0. The molecule has 1 unspecified atom stereocenters. The molecular formula is C57H39N. The Balaban J connectivity index is 1.21. The highest BCUT2D eigenvalue weighted by molar-refractivity contribution is 6.02. The number of rotatable bonds is 7. The first-order chi connectivity index (χ1) is 28.8. The summed E-state index contributed by atoms with van der Waals surface area (Å²) in [5.74, 6) is 0. The van der Waals surface area contributed by atoms with Gasteiger partial charge in [0.15, 0.2) is 0 Å². The van der Waals surface area contributed by atoms with Crippen molar-refractivity contribution in [1.82, 2.24) is 0 Å². The lowest BCUT2D eigenvalue weighted by molar-refractivity contribution is 0.768. The third-order valence-electron chi connectivity index (χ3n) is 12.1. The largest absolute Gasteiger partial charge is 0.310 e. The van der Waals surface area contributed by atoms with Gasteiger partial charge in [-0.1, -0.05) is 206 Å². The molecule has 0 bridgehead atoms. The summed E-state index contributed by atoms with van der Waals surface area (Å²) in [5.41, 5.74) is 15.2. The molecule has 0 radical (unpaired) electrons. The summed E-state index contributed by atoms with van der Waals surface area (Å²) >= 11 is 0. The van der Waals surface area contributed by atoms with Gasteiger partial charge in [0.2, 0.25) is 0 Å². The van der Waals surface area contributed by atoms with Crippen LogP contribution in [-0.2, 0) is 5.41 Å². The minimum Gasteiger partial charge on any atom is -0.310 e. The van der Waals surface area contributed by atoms with Crippen LogP contribution in [-0.4, -0.2) is 0 Å². The van der Waals surface area contributed by atoms with Crippen LogP contribution in [0.25, 0.3) is 54.9 Å². The quantitative estimate of drug-likeness (QED) is 0.157. The van der Waals surface area contributed by atoms with Gasteiger partial charge in [0.1, 0.15) is 0 Å². The van der Waals surface area contributed by atoms with E-state index in [9.17, 15) is 0 Å². The molecule has 0 fully saturated rings. The zero-order chi connectivity index (χ0) is 38.5. The van der Waals surface area contributed by atoms with E-state index in [0.29, 0.717) is 0 Å². The minimum atomic E-state index is -0.625. The molecule has 0 aliphatic heterocycles. The van der Waals surface area contributed by atoms with Gasteiger partial charge in [-0.05, 0) is 96.6 Å². The second kappa shape index (κ2) is 13.9. The van der Waals surface area contributed by atoms with Gasteiger partial charge in [-0.2, -0.15) is 0 Å². The summed E-state index contributed by atoms with van der Waals surface area (Å²) in [6.07, 6.45) is 0. The fourth-order valence-electron chi connectivity index (χ4n) is 9.62. The summed E-state index contributed by atoms with van der Waals surface area (Å²) in [6.45, 7) is 0. The maximum atomic E-state index is 2.51. The van der Waals surface area contributed by atoms with Gasteiger partial charge in [0, 0.05) is 16.6 Å². The van der Waals surface area contributed by atoms with E-state index in [2.05, 4.69) is 241 Å². The van der Waals surface area contributed by atoms with Crippen molar-refractivity contribution in [2.45, 2.75) is 5.41 Å². The number of anilines is 3. The molecule has 1 nitrogen and oxygen atoms in total. The van der Waals surface area contributed by atoms with E-state index >= 15 is 0 Å². The van der Waals surface area contributed by atoms with Crippen molar-refractivity contribution in [3.05, 3.63) is 259 Å². The molecule has 1 atom stereocenters. The SMILES string of the molecule is c1ccc(-c2cccc(C3(c4ccccc4)c4ccccc4-c4cccc(N(c5ccc(-c6cccc7ccccc67)cc5)c5cccc6ccccc56)c43)c2)cc1. The van der Waals surface area contributed by atoms with Gasteiger partial charge >= 0.3 is 0 Å². The standard InChI is InChI=1S/C57H39N/c1-3-17-40(18-4-1)44-23-13-26-46(39-44)57(45-24-5-2-6-25-45)53-32-12-11-29-51(53)52-31-16-34-55(56(52)57)58(54-33-15-22-42-20-8-10-28-50(42)54)47-37-35-43(36-38-47)49-30-14-21-41-19-7-9-27-48(41)49/h1-39H. The Hall–Kier alpha value is -7.48. The van der Waals surface area contributed by atoms with Gasteiger partial charge in [-0.25, -0.2) is 0 Å². The average Bonchev–Trinajstić information content (AvgIpc) is 3.62. The van der Waals surface area contributed by atoms with E-state index in [-0.39, 0.29) is 0 Å². The predicted octanol–water partition coefficient (Wildman–Crippen LogP) is 15.2. The highest BCUT2D eigenvalue weighted by Crippen LogP contribution is 2.60. The lowest BCUT2D eigenvalue weighted by atomic mass is 9.66. The second-order valence-corrected chi connectivity index (χ2v) is 15.2. The molecule has 10 aromatic rings. The lowest BCUT2D eigenvalue weighted by Crippen LogP contribution is -2.30. The highest BCUT2D eigenvalue weighted by Gasteiger charge is 2.48. The van der Waals surface area contributed by atoms with Crippen LogP contribution < -0.4 is 4.90 Å². The smallest absolute Gasteiger partial charge is 0.0734 e. The Labute approximate surface area is 339 Å². The first kappa shape index (κ1) is 33.8. The zero-order valence-corrected chi connectivity index (χ0v) is 32.0. The number of hydrogen-bond donors (Lipinski definition) is 0. The molecule has 11 rings (SSSR count). The Morgan fingerprint density at radius 1 is 0.310 bits per heavy atom. The first-order valence-electron chi connectivity index (χ1n) is 20.1. The number of benzene rings is 10. The monoisotopic (exact) mass is 737 g/mol. The highest BCUT2D eigenvalue weighted by atomic mass is 15.1. The summed E-state index contributed by atoms with van der Waals surface area (Å²) in [7, 11) is 0. The van der Waals surface area contributed by atoms with E-state index < -0.39 is 5.41 Å².